The standard InChI is InChI=1S/C37H62O11/c1-19(38)47-29-27(43)28(34(7,45)13-11-23(40)32(4,5)44)33(6)15-16-37-18-36(37)14-12-24(48-30-26(42)25(41)20(39)17-46-30)31(2,3)21(36)9-10-22(37)35(29,33)8/h20-30,39-45H,9-18H2,1-8H3/t20-,21?,22?,23-,24+,25+,26-,27-,28?,29+,30+,33-,34?,35-,36-,37+/m1/s1. The van der Waals surface area contributed by atoms with Crippen LogP contribution >= 0.6 is 0 Å². The van der Waals surface area contributed by atoms with Crippen LogP contribution in [-0.4, -0.2) is 109 Å². The zero-order chi connectivity index (χ0) is 35.6. The van der Waals surface area contributed by atoms with Crippen molar-refractivity contribution in [3.63, 3.8) is 0 Å². The van der Waals surface area contributed by atoms with E-state index in [1.807, 2.05) is 0 Å². The Hall–Kier alpha value is -0.890. The number of rotatable bonds is 8. The number of carbonyl (C=O) groups is 1. The van der Waals surface area contributed by atoms with Crippen LogP contribution < -0.4 is 0 Å². The van der Waals surface area contributed by atoms with Gasteiger partial charge in [0.05, 0.1) is 36.1 Å². The van der Waals surface area contributed by atoms with E-state index >= 15 is 0 Å². The van der Waals surface area contributed by atoms with E-state index in [1.54, 1.807) is 6.92 Å². The fourth-order valence-corrected chi connectivity index (χ4v) is 13.0. The van der Waals surface area contributed by atoms with E-state index in [-0.39, 0.29) is 47.7 Å². The van der Waals surface area contributed by atoms with Gasteiger partial charge >= 0.3 is 5.97 Å². The molecule has 1 aliphatic heterocycles. The number of fused-ring (bicyclic) bond motifs is 2. The van der Waals surface area contributed by atoms with Crippen LogP contribution in [0.3, 0.4) is 0 Å². The summed E-state index contributed by atoms with van der Waals surface area (Å²) in [6.45, 7) is 14.9. The maximum atomic E-state index is 12.6. The molecule has 6 aliphatic rings. The highest BCUT2D eigenvalue weighted by molar-refractivity contribution is 5.66. The van der Waals surface area contributed by atoms with Crippen molar-refractivity contribution >= 4 is 5.97 Å². The summed E-state index contributed by atoms with van der Waals surface area (Å²) in [5.41, 5.74) is -4.15. The van der Waals surface area contributed by atoms with Crippen molar-refractivity contribution in [1.82, 2.24) is 0 Å². The van der Waals surface area contributed by atoms with Crippen LogP contribution in [0.15, 0.2) is 0 Å². The molecule has 4 unspecified atom stereocenters. The molecule has 0 aromatic rings. The third kappa shape index (κ3) is 5.03. The first-order valence-electron chi connectivity index (χ1n) is 18.3. The zero-order valence-electron chi connectivity index (χ0n) is 30.2. The summed E-state index contributed by atoms with van der Waals surface area (Å²) in [6, 6.07) is 0. The molecule has 1 saturated heterocycles. The van der Waals surface area contributed by atoms with Crippen LogP contribution in [0.1, 0.15) is 113 Å². The lowest BCUT2D eigenvalue weighted by molar-refractivity contribution is -0.303. The highest BCUT2D eigenvalue weighted by Gasteiger charge is 2.85. The molecule has 0 aromatic heterocycles. The fourth-order valence-electron chi connectivity index (χ4n) is 13.0. The highest BCUT2D eigenvalue weighted by Crippen LogP contribution is 2.89. The normalized spacial score (nSPS) is 51.4. The predicted octanol–water partition coefficient (Wildman–Crippen LogP) is 2.43. The molecule has 6 fully saturated rings. The lowest BCUT2D eigenvalue weighted by Gasteiger charge is -2.64. The van der Waals surface area contributed by atoms with E-state index in [0.29, 0.717) is 5.92 Å². The monoisotopic (exact) mass is 682 g/mol. The minimum atomic E-state index is -1.40. The van der Waals surface area contributed by atoms with Crippen LogP contribution in [-0.2, 0) is 19.0 Å². The molecule has 48 heavy (non-hydrogen) atoms. The summed E-state index contributed by atoms with van der Waals surface area (Å²) in [5, 5.41) is 76.1. The molecule has 11 nitrogen and oxygen atoms in total. The Labute approximate surface area is 285 Å². The van der Waals surface area contributed by atoms with Crippen molar-refractivity contribution in [3.05, 3.63) is 0 Å². The van der Waals surface area contributed by atoms with E-state index in [2.05, 4.69) is 27.7 Å². The van der Waals surface area contributed by atoms with E-state index in [9.17, 15) is 40.5 Å². The molecule has 5 saturated carbocycles. The number of aliphatic hydroxyl groups is 7. The van der Waals surface area contributed by atoms with E-state index < -0.39 is 76.8 Å². The molecule has 1 heterocycles. The second-order valence-corrected chi connectivity index (χ2v) is 18.7. The molecule has 6 rings (SSSR count). The summed E-state index contributed by atoms with van der Waals surface area (Å²) in [7, 11) is 0. The second-order valence-electron chi connectivity index (χ2n) is 18.7. The molecule has 5 aliphatic carbocycles. The Morgan fingerprint density at radius 3 is 2.15 bits per heavy atom. The van der Waals surface area contributed by atoms with Gasteiger partial charge in [0.25, 0.3) is 0 Å². The first kappa shape index (κ1) is 36.9. The fraction of sp³-hybridized carbons (Fsp3) is 0.973. The summed E-state index contributed by atoms with van der Waals surface area (Å²) in [4.78, 5) is 12.6. The van der Waals surface area contributed by atoms with Crippen LogP contribution in [0.25, 0.3) is 0 Å². The van der Waals surface area contributed by atoms with Crippen molar-refractivity contribution in [2.75, 3.05) is 6.61 Å². The molecule has 11 heteroatoms. The van der Waals surface area contributed by atoms with E-state index in [0.717, 1.165) is 44.9 Å². The Morgan fingerprint density at radius 1 is 0.896 bits per heavy atom. The average molecular weight is 683 g/mol. The maximum Gasteiger partial charge on any atom is 0.303 e. The SMILES string of the molecule is CC(=O)O[C@H]1[C@H](O)C(C(C)(O)CC[C@@H](O)C(C)(C)O)[C@@]2(C)CC[C@@]34C[C@@]35CC[C@H](O[C@@H]3OC[C@@H](O)[C@H](O)[C@H]3O)C(C)(C)C5CCC4[C@]12C. The molecule has 16 atom stereocenters. The van der Waals surface area contributed by atoms with Gasteiger partial charge in [-0.1, -0.05) is 27.7 Å². The Balaban J connectivity index is 1.29. The molecule has 7 N–H and O–H groups in total. The average Bonchev–Trinajstić information content (AvgIpc) is 3.61. The summed E-state index contributed by atoms with van der Waals surface area (Å²) in [5.74, 6) is -0.600. The third-order valence-electron chi connectivity index (χ3n) is 15.6. The van der Waals surface area contributed by atoms with E-state index in [4.69, 9.17) is 14.2 Å². The van der Waals surface area contributed by atoms with Gasteiger partial charge in [-0.2, -0.15) is 0 Å². The Morgan fingerprint density at radius 2 is 1.52 bits per heavy atom. The molecule has 0 bridgehead atoms. The summed E-state index contributed by atoms with van der Waals surface area (Å²) in [6.07, 6.45) is -1.45. The molecular weight excluding hydrogens is 620 g/mol. The van der Waals surface area contributed by atoms with Crippen molar-refractivity contribution in [3.8, 4) is 0 Å². The van der Waals surface area contributed by atoms with Crippen molar-refractivity contribution in [2.24, 2.45) is 44.8 Å². The lowest BCUT2D eigenvalue weighted by atomic mass is 9.41. The van der Waals surface area contributed by atoms with Crippen molar-refractivity contribution in [2.45, 2.75) is 173 Å². The van der Waals surface area contributed by atoms with Gasteiger partial charge in [0, 0.05) is 18.3 Å². The number of hydrogen-bond donors (Lipinski definition) is 7. The summed E-state index contributed by atoms with van der Waals surface area (Å²) >= 11 is 0. The van der Waals surface area contributed by atoms with Gasteiger partial charge in [0.2, 0.25) is 0 Å². The molecular formula is C37H62O11. The minimum Gasteiger partial charge on any atom is -0.459 e. The molecule has 2 spiro atoms. The van der Waals surface area contributed by atoms with Crippen molar-refractivity contribution in [1.29, 1.82) is 0 Å². The molecule has 0 amide bonds. The van der Waals surface area contributed by atoms with Gasteiger partial charge in [0.15, 0.2) is 6.29 Å². The number of ether oxygens (including phenoxy) is 3. The van der Waals surface area contributed by atoms with Gasteiger partial charge < -0.3 is 50.0 Å². The van der Waals surface area contributed by atoms with Crippen LogP contribution in [0.4, 0.5) is 0 Å². The molecule has 0 aromatic carbocycles. The number of esters is 1. The second kappa shape index (κ2) is 11.6. The summed E-state index contributed by atoms with van der Waals surface area (Å²) < 4.78 is 18.2. The third-order valence-corrected chi connectivity index (χ3v) is 15.6. The minimum absolute atomic E-state index is 0.0104. The smallest absolute Gasteiger partial charge is 0.303 e. The lowest BCUT2D eigenvalue weighted by Crippen LogP contribution is -2.62. The Bertz CT molecular complexity index is 1250. The van der Waals surface area contributed by atoms with Gasteiger partial charge in [-0.05, 0) is 112 Å². The van der Waals surface area contributed by atoms with Crippen molar-refractivity contribution < 1.29 is 54.8 Å². The quantitative estimate of drug-likeness (QED) is 0.147. The number of hydrogen-bond acceptors (Lipinski definition) is 11. The molecule has 276 valence electrons. The van der Waals surface area contributed by atoms with E-state index in [1.165, 1.54) is 20.8 Å². The van der Waals surface area contributed by atoms with Gasteiger partial charge in [-0.3, -0.25) is 4.79 Å². The van der Waals surface area contributed by atoms with Gasteiger partial charge in [-0.15, -0.1) is 0 Å². The highest BCUT2D eigenvalue weighted by atomic mass is 16.7. The van der Waals surface area contributed by atoms with Gasteiger partial charge in [-0.25, -0.2) is 0 Å². The first-order valence-corrected chi connectivity index (χ1v) is 18.3. The zero-order valence-corrected chi connectivity index (χ0v) is 30.2. The maximum absolute atomic E-state index is 12.6. The predicted molar refractivity (Wildman–Crippen MR) is 174 cm³/mol. The first-order chi connectivity index (χ1) is 22.0. The van der Waals surface area contributed by atoms with Gasteiger partial charge in [0.1, 0.15) is 24.4 Å². The topological polar surface area (TPSA) is 186 Å². The number of aliphatic hydroxyl groups excluding tert-OH is 5. The largest absolute Gasteiger partial charge is 0.459 e. The molecule has 0 radical (unpaired) electrons. The number of carbonyl (C=O) groups excluding carboxylic acids is 1. The Kier molecular flexibility index (Phi) is 8.88. The van der Waals surface area contributed by atoms with Crippen LogP contribution in [0.2, 0.25) is 0 Å². The van der Waals surface area contributed by atoms with Crippen LogP contribution in [0, 0.1) is 44.8 Å². The van der Waals surface area contributed by atoms with Crippen LogP contribution in [0.5, 0.6) is 0 Å².